The van der Waals surface area contributed by atoms with Crippen molar-refractivity contribution in [1.82, 2.24) is 5.43 Å². The van der Waals surface area contributed by atoms with Crippen LogP contribution in [-0.2, 0) is 9.59 Å². The van der Waals surface area contributed by atoms with Crippen LogP contribution < -0.4 is 5.43 Å². The van der Waals surface area contributed by atoms with E-state index in [1.165, 1.54) is 0 Å². The molecule has 1 aromatic carbocycles. The Balaban J connectivity index is 2.63. The summed E-state index contributed by atoms with van der Waals surface area (Å²) in [7, 11) is 0. The van der Waals surface area contributed by atoms with E-state index in [0.717, 1.165) is 11.1 Å². The van der Waals surface area contributed by atoms with Gasteiger partial charge in [-0.05, 0) is 19.4 Å². The highest BCUT2D eigenvalue weighted by atomic mass is 16.4. The van der Waals surface area contributed by atoms with E-state index in [-0.39, 0.29) is 0 Å². The third-order valence-corrected chi connectivity index (χ3v) is 2.13. The number of nitrogens with zero attached hydrogens (tertiary/aromatic N) is 1. The second-order valence-electron chi connectivity index (χ2n) is 3.67. The third kappa shape index (κ3) is 4.46. The minimum absolute atomic E-state index is 0.579. The van der Waals surface area contributed by atoms with Gasteiger partial charge in [-0.1, -0.05) is 29.8 Å². The van der Waals surface area contributed by atoms with Gasteiger partial charge in [0.25, 0.3) is 5.91 Å². The molecule has 0 saturated carbocycles. The summed E-state index contributed by atoms with van der Waals surface area (Å²) in [4.78, 5) is 21.3. The zero-order valence-corrected chi connectivity index (χ0v) is 9.73. The Morgan fingerprint density at radius 1 is 1.29 bits per heavy atom. The summed E-state index contributed by atoms with van der Waals surface area (Å²) in [5, 5.41) is 12.2. The zero-order chi connectivity index (χ0) is 12.8. The molecule has 1 amide bonds. The van der Waals surface area contributed by atoms with Gasteiger partial charge in [0.1, 0.15) is 6.42 Å². The molecule has 0 unspecified atom stereocenters. The Bertz CT molecular complexity index is 449. The molecule has 0 bridgehead atoms. The number of nitrogens with one attached hydrogen (secondary N) is 1. The number of amides is 1. The second-order valence-corrected chi connectivity index (χ2v) is 3.67. The number of carbonyl (C=O) groups is 2. The van der Waals surface area contributed by atoms with Crippen LogP contribution in [0.3, 0.4) is 0 Å². The fraction of sp³-hybridized carbons (Fsp3) is 0.250. The average Bonchev–Trinajstić information content (AvgIpc) is 2.26. The van der Waals surface area contributed by atoms with Crippen LogP contribution in [0.2, 0.25) is 0 Å². The first-order chi connectivity index (χ1) is 7.99. The van der Waals surface area contributed by atoms with Crippen molar-refractivity contribution >= 4 is 17.6 Å². The number of rotatable bonds is 4. The number of carboxylic acids is 1. The van der Waals surface area contributed by atoms with Crippen molar-refractivity contribution in [1.29, 1.82) is 0 Å². The van der Waals surface area contributed by atoms with Gasteiger partial charge < -0.3 is 5.11 Å². The van der Waals surface area contributed by atoms with Crippen LogP contribution in [0.25, 0.3) is 0 Å². The first-order valence-corrected chi connectivity index (χ1v) is 5.11. The van der Waals surface area contributed by atoms with E-state index in [1.807, 2.05) is 31.2 Å². The first-order valence-electron chi connectivity index (χ1n) is 5.11. The van der Waals surface area contributed by atoms with Crippen LogP contribution in [-0.4, -0.2) is 22.7 Å². The highest BCUT2D eigenvalue weighted by Gasteiger charge is 2.06. The highest BCUT2D eigenvalue weighted by molar-refractivity contribution is 6.00. The first kappa shape index (κ1) is 12.9. The van der Waals surface area contributed by atoms with E-state index in [0.29, 0.717) is 5.71 Å². The van der Waals surface area contributed by atoms with Gasteiger partial charge in [0.05, 0.1) is 5.71 Å². The third-order valence-electron chi connectivity index (χ3n) is 2.13. The molecule has 0 saturated heterocycles. The van der Waals surface area contributed by atoms with E-state index in [1.54, 1.807) is 6.92 Å². The molecule has 5 nitrogen and oxygen atoms in total. The molecule has 0 heterocycles. The lowest BCUT2D eigenvalue weighted by atomic mass is 10.1. The molecule has 2 N–H and O–H groups in total. The number of carbonyl (C=O) groups excluding carboxylic acids is 1. The van der Waals surface area contributed by atoms with Crippen molar-refractivity contribution in [3.63, 3.8) is 0 Å². The molecule has 17 heavy (non-hydrogen) atoms. The molecule has 0 spiro atoms. The van der Waals surface area contributed by atoms with Crippen molar-refractivity contribution in [2.75, 3.05) is 0 Å². The lowest BCUT2D eigenvalue weighted by Gasteiger charge is -2.02. The molecule has 0 aliphatic carbocycles. The molecular formula is C12H14N2O3. The molecular weight excluding hydrogens is 220 g/mol. The molecule has 1 aromatic rings. The predicted octanol–water partition coefficient (Wildman–Crippen LogP) is 1.31. The minimum atomic E-state index is -1.18. The maximum Gasteiger partial charge on any atom is 0.312 e. The Morgan fingerprint density at radius 3 is 2.41 bits per heavy atom. The van der Waals surface area contributed by atoms with Crippen molar-refractivity contribution in [3.05, 3.63) is 35.4 Å². The van der Waals surface area contributed by atoms with Gasteiger partial charge in [-0.3, -0.25) is 9.59 Å². The molecule has 0 aliphatic heterocycles. The van der Waals surface area contributed by atoms with Gasteiger partial charge >= 0.3 is 5.97 Å². The Kier molecular flexibility index (Phi) is 4.39. The lowest BCUT2D eigenvalue weighted by Crippen LogP contribution is -2.22. The number of aryl methyl sites for hydroxylation is 1. The van der Waals surface area contributed by atoms with Crippen LogP contribution in [0.15, 0.2) is 29.4 Å². The molecule has 5 heteroatoms. The number of hydrazone groups is 1. The summed E-state index contributed by atoms with van der Waals surface area (Å²) < 4.78 is 0. The van der Waals surface area contributed by atoms with E-state index < -0.39 is 18.3 Å². The van der Waals surface area contributed by atoms with Gasteiger partial charge in [-0.2, -0.15) is 5.10 Å². The molecule has 90 valence electrons. The number of aliphatic carboxylic acids is 1. The Labute approximate surface area is 99.2 Å². The molecule has 0 aliphatic rings. The van der Waals surface area contributed by atoms with Crippen LogP contribution >= 0.6 is 0 Å². The number of hydrogen-bond donors (Lipinski definition) is 2. The van der Waals surface area contributed by atoms with Gasteiger partial charge in [-0.15, -0.1) is 0 Å². The van der Waals surface area contributed by atoms with Gasteiger partial charge in [0.15, 0.2) is 0 Å². The molecule has 1 rings (SSSR count). The van der Waals surface area contributed by atoms with Crippen LogP contribution in [0.1, 0.15) is 24.5 Å². The lowest BCUT2D eigenvalue weighted by molar-refractivity contribution is -0.140. The van der Waals surface area contributed by atoms with Crippen molar-refractivity contribution < 1.29 is 14.7 Å². The van der Waals surface area contributed by atoms with E-state index in [9.17, 15) is 9.59 Å². The molecule has 0 atom stereocenters. The van der Waals surface area contributed by atoms with Gasteiger partial charge in [0.2, 0.25) is 0 Å². The van der Waals surface area contributed by atoms with Crippen LogP contribution in [0, 0.1) is 6.92 Å². The SMILES string of the molecule is CC(=NNC(=O)CC(=O)O)c1ccc(C)cc1. The second kappa shape index (κ2) is 5.79. The van der Waals surface area contributed by atoms with Crippen LogP contribution in [0.4, 0.5) is 0 Å². The van der Waals surface area contributed by atoms with Gasteiger partial charge in [0, 0.05) is 0 Å². The summed E-state index contributed by atoms with van der Waals surface area (Å²) >= 11 is 0. The number of carboxylic acid groups (broad SMARTS) is 1. The number of benzene rings is 1. The Morgan fingerprint density at radius 2 is 1.88 bits per heavy atom. The van der Waals surface area contributed by atoms with Crippen molar-refractivity contribution in [3.8, 4) is 0 Å². The summed E-state index contributed by atoms with van der Waals surface area (Å²) in [6.45, 7) is 3.72. The van der Waals surface area contributed by atoms with E-state index in [4.69, 9.17) is 5.11 Å². The quantitative estimate of drug-likeness (QED) is 0.468. The number of hydrogen-bond acceptors (Lipinski definition) is 3. The highest BCUT2D eigenvalue weighted by Crippen LogP contribution is 2.04. The fourth-order valence-electron chi connectivity index (χ4n) is 1.18. The van der Waals surface area contributed by atoms with Crippen LogP contribution in [0.5, 0.6) is 0 Å². The largest absolute Gasteiger partial charge is 0.481 e. The van der Waals surface area contributed by atoms with E-state index >= 15 is 0 Å². The maximum atomic E-state index is 11.0. The fourth-order valence-corrected chi connectivity index (χ4v) is 1.18. The normalized spacial score (nSPS) is 11.1. The van der Waals surface area contributed by atoms with Crippen molar-refractivity contribution in [2.45, 2.75) is 20.3 Å². The minimum Gasteiger partial charge on any atom is -0.481 e. The zero-order valence-electron chi connectivity index (χ0n) is 9.73. The Hall–Kier alpha value is -2.17. The van der Waals surface area contributed by atoms with E-state index in [2.05, 4.69) is 10.5 Å². The monoisotopic (exact) mass is 234 g/mol. The topological polar surface area (TPSA) is 78.8 Å². The maximum absolute atomic E-state index is 11.0. The summed E-state index contributed by atoms with van der Waals surface area (Å²) in [6, 6.07) is 7.65. The van der Waals surface area contributed by atoms with Gasteiger partial charge in [-0.25, -0.2) is 5.43 Å². The average molecular weight is 234 g/mol. The molecule has 0 radical (unpaired) electrons. The predicted molar refractivity (Wildman–Crippen MR) is 63.8 cm³/mol. The molecule has 0 fully saturated rings. The molecule has 0 aromatic heterocycles. The summed E-state index contributed by atoms with van der Waals surface area (Å²) in [5.41, 5.74) is 4.84. The standard InChI is InChI=1S/C12H14N2O3/c1-8-3-5-10(6-4-8)9(2)13-14-11(15)7-12(16)17/h3-6H,7H2,1-2H3,(H,14,15)(H,16,17). The summed E-state index contributed by atoms with van der Waals surface area (Å²) in [6.07, 6.45) is -0.579. The summed E-state index contributed by atoms with van der Waals surface area (Å²) in [5.74, 6) is -1.81. The smallest absolute Gasteiger partial charge is 0.312 e. The van der Waals surface area contributed by atoms with Crippen molar-refractivity contribution in [2.24, 2.45) is 5.10 Å².